The molecule has 4 atom stereocenters. The Labute approximate surface area is 168 Å². The molecule has 0 rings (SSSR count). The van der Waals surface area contributed by atoms with Crippen LogP contribution >= 0.6 is 0 Å². The molecule has 3 N–H and O–H groups in total. The maximum Gasteiger partial charge on any atom is 0.408 e. The van der Waals surface area contributed by atoms with Crippen LogP contribution < -0.4 is 5.32 Å². The Balaban J connectivity index is 5.85. The lowest BCUT2D eigenvalue weighted by molar-refractivity contribution is -0.180. The summed E-state index contributed by atoms with van der Waals surface area (Å²) in [4.78, 5) is 46.2. The Morgan fingerprint density at radius 1 is 1.00 bits per heavy atom. The third kappa shape index (κ3) is 11.5. The van der Waals surface area contributed by atoms with Crippen molar-refractivity contribution in [2.24, 2.45) is 5.16 Å². The Kier molecular flexibility index (Phi) is 10.7. The SMILES string of the molecule is CC(=O)OCC(O)[C@@H](OC(C)=O)C(OC(C)=O)C(/C=N\O)NC(=O)OC(C)(C)C. The molecule has 29 heavy (non-hydrogen) atoms. The number of hydrogen-bond acceptors (Lipinski definition) is 11. The average Bonchev–Trinajstić information content (AvgIpc) is 2.53. The number of alkyl carbamates (subject to hydrolysis) is 1. The molecule has 0 aromatic carbocycles. The summed E-state index contributed by atoms with van der Waals surface area (Å²) in [6.07, 6.45) is -4.95. The normalized spacial score (nSPS) is 15.6. The minimum absolute atomic E-state index is 0.597. The summed E-state index contributed by atoms with van der Waals surface area (Å²) < 4.78 is 19.9. The van der Waals surface area contributed by atoms with E-state index in [9.17, 15) is 24.3 Å². The van der Waals surface area contributed by atoms with Gasteiger partial charge in [-0.15, -0.1) is 0 Å². The van der Waals surface area contributed by atoms with E-state index in [2.05, 4.69) is 10.5 Å². The summed E-state index contributed by atoms with van der Waals surface area (Å²) in [5.41, 5.74) is -0.869. The summed E-state index contributed by atoms with van der Waals surface area (Å²) in [6.45, 7) is 7.40. The molecule has 3 unspecified atom stereocenters. The van der Waals surface area contributed by atoms with E-state index in [0.717, 1.165) is 27.0 Å². The molecular weight excluding hydrogens is 392 g/mol. The first-order valence-electron chi connectivity index (χ1n) is 8.59. The van der Waals surface area contributed by atoms with Gasteiger partial charge in [-0.25, -0.2) is 4.79 Å². The number of carbonyl (C=O) groups excluding carboxylic acids is 4. The van der Waals surface area contributed by atoms with Crippen LogP contribution in [0.25, 0.3) is 0 Å². The predicted molar refractivity (Wildman–Crippen MR) is 97.2 cm³/mol. The molecule has 0 aliphatic rings. The summed E-state index contributed by atoms with van der Waals surface area (Å²) in [7, 11) is 0. The third-order valence-corrected chi connectivity index (χ3v) is 3.03. The Morgan fingerprint density at radius 3 is 1.93 bits per heavy atom. The highest BCUT2D eigenvalue weighted by Crippen LogP contribution is 2.16. The summed E-state index contributed by atoms with van der Waals surface area (Å²) in [6, 6.07) is -1.38. The van der Waals surface area contributed by atoms with Crippen LogP contribution in [0.15, 0.2) is 5.16 Å². The third-order valence-electron chi connectivity index (χ3n) is 3.03. The van der Waals surface area contributed by atoms with E-state index < -0.39 is 60.6 Å². The van der Waals surface area contributed by atoms with Crippen LogP contribution in [0.1, 0.15) is 41.5 Å². The summed E-state index contributed by atoms with van der Waals surface area (Å²) >= 11 is 0. The number of nitrogens with zero attached hydrogens (tertiary/aromatic N) is 1. The van der Waals surface area contributed by atoms with Crippen LogP contribution in [-0.4, -0.2) is 77.1 Å². The van der Waals surface area contributed by atoms with E-state index in [4.69, 9.17) is 24.2 Å². The molecule has 0 aliphatic carbocycles. The van der Waals surface area contributed by atoms with Gasteiger partial charge in [-0.05, 0) is 20.8 Å². The van der Waals surface area contributed by atoms with Gasteiger partial charge in [0, 0.05) is 20.8 Å². The molecule has 12 heteroatoms. The maximum atomic E-state index is 12.1. The van der Waals surface area contributed by atoms with E-state index >= 15 is 0 Å². The number of amides is 1. The molecule has 1 amide bonds. The molecule has 0 saturated carbocycles. The van der Waals surface area contributed by atoms with Crippen molar-refractivity contribution in [3.63, 3.8) is 0 Å². The fourth-order valence-corrected chi connectivity index (χ4v) is 2.11. The van der Waals surface area contributed by atoms with Crippen molar-refractivity contribution < 1.29 is 48.4 Å². The van der Waals surface area contributed by atoms with Crippen LogP contribution in [0.3, 0.4) is 0 Å². The van der Waals surface area contributed by atoms with Gasteiger partial charge in [0.2, 0.25) is 0 Å². The minimum atomic E-state index is -1.64. The van der Waals surface area contributed by atoms with Gasteiger partial charge in [-0.2, -0.15) is 0 Å². The van der Waals surface area contributed by atoms with Gasteiger partial charge in [0.25, 0.3) is 0 Å². The Hall–Kier alpha value is -2.89. The van der Waals surface area contributed by atoms with Crippen LogP contribution in [0.5, 0.6) is 0 Å². The van der Waals surface area contributed by atoms with Crippen LogP contribution in [0, 0.1) is 0 Å². The van der Waals surface area contributed by atoms with E-state index in [1.54, 1.807) is 20.8 Å². The second kappa shape index (κ2) is 11.8. The summed E-state index contributed by atoms with van der Waals surface area (Å²) in [5.74, 6) is -2.42. The molecular formula is C17H28N2O10. The predicted octanol–water partition coefficient (Wildman–Crippen LogP) is 0.127. The molecule has 0 heterocycles. The maximum absolute atomic E-state index is 12.1. The van der Waals surface area contributed by atoms with Gasteiger partial charge < -0.3 is 34.6 Å². The topological polar surface area (TPSA) is 170 Å². The van der Waals surface area contributed by atoms with Crippen molar-refractivity contribution in [1.82, 2.24) is 5.32 Å². The zero-order chi connectivity index (χ0) is 22.8. The van der Waals surface area contributed by atoms with Gasteiger partial charge in [-0.1, -0.05) is 5.16 Å². The standard InChI is InChI=1S/C17H28N2O10/c1-9(20)26-8-13(23)15(28-11(3)22)14(27-10(2)21)12(7-18-25)19-16(24)29-17(4,5)6/h7,12-15,23,25H,8H2,1-6H3,(H,19,24)/b18-7-/t12?,13?,14?,15-/m1/s1. The first-order chi connectivity index (χ1) is 13.3. The fourth-order valence-electron chi connectivity index (χ4n) is 2.11. The number of nitrogens with one attached hydrogen (secondary N) is 1. The fraction of sp³-hybridized carbons (Fsp3) is 0.706. The van der Waals surface area contributed by atoms with Crippen molar-refractivity contribution in [3.8, 4) is 0 Å². The van der Waals surface area contributed by atoms with Crippen LogP contribution in [0.4, 0.5) is 4.79 Å². The number of aliphatic hydroxyl groups excluding tert-OH is 1. The summed E-state index contributed by atoms with van der Waals surface area (Å²) in [5, 5.41) is 24.4. The molecule has 166 valence electrons. The van der Waals surface area contributed by atoms with Gasteiger partial charge in [0.1, 0.15) is 24.4 Å². The van der Waals surface area contributed by atoms with Gasteiger partial charge in [0.15, 0.2) is 12.2 Å². The molecule has 12 nitrogen and oxygen atoms in total. The van der Waals surface area contributed by atoms with Gasteiger partial charge in [-0.3, -0.25) is 14.4 Å². The zero-order valence-corrected chi connectivity index (χ0v) is 17.2. The number of ether oxygens (including phenoxy) is 4. The van der Waals surface area contributed by atoms with Gasteiger partial charge >= 0.3 is 24.0 Å². The molecule has 0 aromatic heterocycles. The molecule has 0 spiro atoms. The molecule has 0 saturated heterocycles. The van der Waals surface area contributed by atoms with E-state index in [0.29, 0.717) is 0 Å². The monoisotopic (exact) mass is 420 g/mol. The number of esters is 3. The lowest BCUT2D eigenvalue weighted by Gasteiger charge is -2.33. The Morgan fingerprint density at radius 2 is 1.52 bits per heavy atom. The van der Waals surface area contributed by atoms with Gasteiger partial charge in [0.05, 0.1) is 6.21 Å². The molecule has 0 fully saturated rings. The number of rotatable bonds is 9. The van der Waals surface area contributed by atoms with E-state index in [1.807, 2.05) is 0 Å². The molecule has 0 bridgehead atoms. The highest BCUT2D eigenvalue weighted by atomic mass is 16.6. The van der Waals surface area contributed by atoms with Crippen molar-refractivity contribution in [2.75, 3.05) is 6.61 Å². The minimum Gasteiger partial charge on any atom is -0.463 e. The van der Waals surface area contributed by atoms with E-state index in [-0.39, 0.29) is 0 Å². The smallest absolute Gasteiger partial charge is 0.408 e. The molecule has 0 aliphatic heterocycles. The first kappa shape index (κ1) is 26.1. The zero-order valence-electron chi connectivity index (χ0n) is 17.2. The lowest BCUT2D eigenvalue weighted by Crippen LogP contribution is -2.57. The van der Waals surface area contributed by atoms with Crippen molar-refractivity contribution in [2.45, 2.75) is 71.5 Å². The second-order valence-corrected chi connectivity index (χ2v) is 6.95. The number of hydrogen-bond donors (Lipinski definition) is 3. The van der Waals surface area contributed by atoms with Crippen LogP contribution in [-0.2, 0) is 33.3 Å². The largest absolute Gasteiger partial charge is 0.463 e. The molecule has 0 radical (unpaired) electrons. The van der Waals surface area contributed by atoms with Crippen LogP contribution in [0.2, 0.25) is 0 Å². The number of oxime groups is 1. The molecule has 0 aromatic rings. The quantitative estimate of drug-likeness (QED) is 0.153. The Bertz CT molecular complexity index is 614. The van der Waals surface area contributed by atoms with E-state index in [1.165, 1.54) is 0 Å². The lowest BCUT2D eigenvalue weighted by atomic mass is 10.0. The van der Waals surface area contributed by atoms with Crippen molar-refractivity contribution >= 4 is 30.2 Å². The number of carbonyl (C=O) groups is 4. The van der Waals surface area contributed by atoms with Crippen molar-refractivity contribution in [3.05, 3.63) is 0 Å². The van der Waals surface area contributed by atoms with Crippen molar-refractivity contribution in [1.29, 1.82) is 0 Å². The highest BCUT2D eigenvalue weighted by molar-refractivity contribution is 5.77. The highest BCUT2D eigenvalue weighted by Gasteiger charge is 2.40. The number of aliphatic hydroxyl groups is 1. The average molecular weight is 420 g/mol. The first-order valence-corrected chi connectivity index (χ1v) is 8.59. The second-order valence-electron chi connectivity index (χ2n) is 6.95.